The topological polar surface area (TPSA) is 64.0 Å². The Morgan fingerprint density at radius 3 is 2.64 bits per heavy atom. The zero-order valence-corrected chi connectivity index (χ0v) is 17.5. The molecule has 0 aliphatic carbocycles. The molecule has 0 saturated heterocycles. The molecule has 0 fully saturated rings. The van der Waals surface area contributed by atoms with E-state index in [-0.39, 0.29) is 17.5 Å². The van der Waals surface area contributed by atoms with Gasteiger partial charge < -0.3 is 5.32 Å². The number of aromatic nitrogens is 2. The number of Topliss-reactive ketones (excluding diaryl/α,β-unsaturated/α-hetero) is 1. The van der Waals surface area contributed by atoms with Crippen molar-refractivity contribution in [2.24, 2.45) is 0 Å². The monoisotopic (exact) mass is 433 g/mol. The van der Waals surface area contributed by atoms with Gasteiger partial charge in [-0.1, -0.05) is 35.2 Å². The standard InChI is InChI=1S/C19H16FN3O2S3/c1-11(24)13-4-3-5-15(10-13)21-17(25)12(2)27-18-22-23(19(26)28-18)16-8-6-14(20)7-9-16/h3-10,12H,1-2H3,(H,21,25). The zero-order valence-electron chi connectivity index (χ0n) is 15.0. The Bertz CT molecular complexity index is 1080. The number of halogens is 1. The largest absolute Gasteiger partial charge is 0.325 e. The normalized spacial score (nSPS) is 11.8. The second-order valence-electron chi connectivity index (χ2n) is 5.91. The lowest BCUT2D eigenvalue weighted by Gasteiger charge is -2.11. The molecule has 1 aromatic heterocycles. The number of thioether (sulfide) groups is 1. The molecule has 1 atom stereocenters. The van der Waals surface area contributed by atoms with Crippen molar-refractivity contribution >= 4 is 52.7 Å². The zero-order chi connectivity index (χ0) is 20.3. The fourth-order valence-corrected chi connectivity index (χ4v) is 4.82. The number of nitrogens with zero attached hydrogens (tertiary/aromatic N) is 2. The minimum atomic E-state index is -0.428. The van der Waals surface area contributed by atoms with E-state index in [9.17, 15) is 14.0 Å². The maximum atomic E-state index is 13.1. The van der Waals surface area contributed by atoms with Crippen LogP contribution < -0.4 is 5.32 Å². The molecule has 1 amide bonds. The van der Waals surface area contributed by atoms with E-state index in [1.807, 2.05) is 0 Å². The first-order chi connectivity index (χ1) is 13.3. The van der Waals surface area contributed by atoms with Crippen LogP contribution >= 0.6 is 35.3 Å². The predicted octanol–water partition coefficient (Wildman–Crippen LogP) is 5.12. The highest BCUT2D eigenvalue weighted by molar-refractivity contribution is 8.02. The van der Waals surface area contributed by atoms with Gasteiger partial charge in [-0.05, 0) is 62.5 Å². The van der Waals surface area contributed by atoms with Gasteiger partial charge in [0.15, 0.2) is 14.1 Å². The highest BCUT2D eigenvalue weighted by atomic mass is 32.2. The Kier molecular flexibility index (Phi) is 6.38. The first-order valence-corrected chi connectivity index (χ1v) is 10.4. The quantitative estimate of drug-likeness (QED) is 0.332. The van der Waals surface area contributed by atoms with Crippen molar-refractivity contribution in [3.05, 3.63) is 63.9 Å². The van der Waals surface area contributed by atoms with Gasteiger partial charge in [0.05, 0.1) is 10.9 Å². The molecule has 0 radical (unpaired) electrons. The number of carbonyl (C=O) groups excluding carboxylic acids is 2. The van der Waals surface area contributed by atoms with Crippen LogP contribution in [0.4, 0.5) is 10.1 Å². The fourth-order valence-electron chi connectivity index (χ4n) is 2.32. The molecule has 144 valence electrons. The number of rotatable bonds is 6. The summed E-state index contributed by atoms with van der Waals surface area (Å²) in [5.74, 6) is -0.607. The van der Waals surface area contributed by atoms with Crippen LogP contribution in [0.5, 0.6) is 0 Å². The highest BCUT2D eigenvalue weighted by Crippen LogP contribution is 2.28. The van der Waals surface area contributed by atoms with Crippen LogP contribution in [-0.4, -0.2) is 26.7 Å². The summed E-state index contributed by atoms with van der Waals surface area (Å²) in [5.41, 5.74) is 1.76. The lowest BCUT2D eigenvalue weighted by atomic mass is 10.1. The Labute approximate surface area is 174 Å². The number of hydrogen-bond acceptors (Lipinski definition) is 6. The van der Waals surface area contributed by atoms with Gasteiger partial charge in [0, 0.05) is 11.3 Å². The van der Waals surface area contributed by atoms with Gasteiger partial charge in [0.25, 0.3) is 0 Å². The summed E-state index contributed by atoms with van der Waals surface area (Å²) in [6, 6.07) is 12.7. The predicted molar refractivity (Wildman–Crippen MR) is 113 cm³/mol. The molecular weight excluding hydrogens is 417 g/mol. The molecule has 1 N–H and O–H groups in total. The summed E-state index contributed by atoms with van der Waals surface area (Å²) in [6.45, 7) is 3.24. The smallest absolute Gasteiger partial charge is 0.237 e. The maximum absolute atomic E-state index is 13.1. The Morgan fingerprint density at radius 1 is 1.25 bits per heavy atom. The second-order valence-corrected chi connectivity index (χ2v) is 9.12. The lowest BCUT2D eigenvalue weighted by molar-refractivity contribution is -0.115. The Morgan fingerprint density at radius 2 is 1.96 bits per heavy atom. The van der Waals surface area contributed by atoms with E-state index < -0.39 is 5.25 Å². The van der Waals surface area contributed by atoms with Crippen molar-refractivity contribution in [3.63, 3.8) is 0 Å². The number of nitrogens with one attached hydrogen (secondary N) is 1. The van der Waals surface area contributed by atoms with Crippen LogP contribution in [-0.2, 0) is 4.79 Å². The molecule has 0 spiro atoms. The third kappa shape index (κ3) is 4.92. The van der Waals surface area contributed by atoms with E-state index in [4.69, 9.17) is 12.2 Å². The number of ketones is 1. The van der Waals surface area contributed by atoms with Crippen molar-refractivity contribution < 1.29 is 14.0 Å². The molecule has 9 heteroatoms. The second kappa shape index (κ2) is 8.76. The minimum Gasteiger partial charge on any atom is -0.325 e. The number of anilines is 1. The highest BCUT2D eigenvalue weighted by Gasteiger charge is 2.18. The molecule has 0 aliphatic heterocycles. The number of benzene rings is 2. The van der Waals surface area contributed by atoms with Gasteiger partial charge in [-0.2, -0.15) is 0 Å². The maximum Gasteiger partial charge on any atom is 0.237 e. The van der Waals surface area contributed by atoms with Crippen LogP contribution in [0.3, 0.4) is 0 Å². The first-order valence-electron chi connectivity index (χ1n) is 8.28. The van der Waals surface area contributed by atoms with E-state index >= 15 is 0 Å². The lowest BCUT2D eigenvalue weighted by Crippen LogP contribution is -2.22. The van der Waals surface area contributed by atoms with Crippen molar-refractivity contribution in [1.29, 1.82) is 0 Å². The summed E-state index contributed by atoms with van der Waals surface area (Å²) < 4.78 is 15.8. The van der Waals surface area contributed by atoms with Crippen molar-refractivity contribution in [3.8, 4) is 5.69 Å². The molecule has 0 aliphatic rings. The molecule has 0 bridgehead atoms. The van der Waals surface area contributed by atoms with Crippen LogP contribution in [0.15, 0.2) is 52.9 Å². The van der Waals surface area contributed by atoms with Gasteiger partial charge >= 0.3 is 0 Å². The van der Waals surface area contributed by atoms with E-state index in [1.54, 1.807) is 48.0 Å². The number of amides is 1. The van der Waals surface area contributed by atoms with Crippen LogP contribution in [0.1, 0.15) is 24.2 Å². The molecule has 28 heavy (non-hydrogen) atoms. The minimum absolute atomic E-state index is 0.0652. The van der Waals surface area contributed by atoms with E-state index in [0.717, 1.165) is 0 Å². The fraction of sp³-hybridized carbons (Fsp3) is 0.158. The summed E-state index contributed by atoms with van der Waals surface area (Å²) in [7, 11) is 0. The summed E-state index contributed by atoms with van der Waals surface area (Å²) in [5, 5.41) is 6.80. The van der Waals surface area contributed by atoms with E-state index in [0.29, 0.717) is 25.2 Å². The van der Waals surface area contributed by atoms with Gasteiger partial charge in [-0.15, -0.1) is 5.10 Å². The molecule has 1 unspecified atom stereocenters. The molecule has 0 saturated carbocycles. The Balaban J connectivity index is 1.70. The van der Waals surface area contributed by atoms with Crippen molar-refractivity contribution in [2.75, 3.05) is 5.32 Å². The van der Waals surface area contributed by atoms with Crippen LogP contribution in [0.25, 0.3) is 5.69 Å². The van der Waals surface area contributed by atoms with Crippen LogP contribution in [0.2, 0.25) is 0 Å². The SMILES string of the molecule is CC(=O)c1cccc(NC(=O)C(C)Sc2nn(-c3ccc(F)cc3)c(=S)s2)c1. The van der Waals surface area contributed by atoms with Gasteiger partial charge in [0.2, 0.25) is 5.91 Å². The van der Waals surface area contributed by atoms with Gasteiger partial charge in [0.1, 0.15) is 5.82 Å². The van der Waals surface area contributed by atoms with Crippen LogP contribution in [0, 0.1) is 9.77 Å². The van der Waals surface area contributed by atoms with Crippen molar-refractivity contribution in [1.82, 2.24) is 9.78 Å². The van der Waals surface area contributed by atoms with Crippen molar-refractivity contribution in [2.45, 2.75) is 23.4 Å². The Hall–Kier alpha value is -2.36. The molecule has 3 rings (SSSR count). The molecule has 3 aromatic rings. The third-order valence-corrected chi connectivity index (χ3v) is 6.20. The third-order valence-electron chi connectivity index (χ3n) is 3.78. The average molecular weight is 434 g/mol. The molecule has 2 aromatic carbocycles. The van der Waals surface area contributed by atoms with Gasteiger partial charge in [-0.25, -0.2) is 9.07 Å². The van der Waals surface area contributed by atoms with Gasteiger partial charge in [-0.3, -0.25) is 9.59 Å². The van der Waals surface area contributed by atoms with E-state index in [2.05, 4.69) is 10.4 Å². The summed E-state index contributed by atoms with van der Waals surface area (Å²) >= 11 is 7.89. The molecule has 1 heterocycles. The average Bonchev–Trinajstić information content (AvgIpc) is 3.02. The van der Waals surface area contributed by atoms with E-state index in [1.165, 1.54) is 42.2 Å². The first kappa shape index (κ1) is 20.4. The summed E-state index contributed by atoms with van der Waals surface area (Å²) in [4.78, 5) is 24.0. The summed E-state index contributed by atoms with van der Waals surface area (Å²) in [6.07, 6.45) is 0. The molecule has 5 nitrogen and oxygen atoms in total. The number of carbonyl (C=O) groups is 2. The number of hydrogen-bond donors (Lipinski definition) is 1. The molecular formula is C19H16FN3O2S3.